The number of rotatable bonds is 7. The monoisotopic (exact) mass is 534 g/mol. The maximum atomic E-state index is 14.3. The maximum absolute atomic E-state index is 14.3. The molecule has 3 aromatic rings. The first-order valence-corrected chi connectivity index (χ1v) is 13.4. The van der Waals surface area contributed by atoms with Crippen molar-refractivity contribution in [1.29, 1.82) is 0 Å². The summed E-state index contributed by atoms with van der Waals surface area (Å²) in [6.07, 6.45) is 3.99. The number of carboxylic acids is 1. The van der Waals surface area contributed by atoms with E-state index in [-0.39, 0.29) is 29.5 Å². The minimum Gasteiger partial charge on any atom is -0.481 e. The van der Waals surface area contributed by atoms with E-state index >= 15 is 0 Å². The number of nitrogens with zero attached hydrogens (tertiary/aromatic N) is 1. The summed E-state index contributed by atoms with van der Waals surface area (Å²) >= 11 is 0. The van der Waals surface area contributed by atoms with Crippen molar-refractivity contribution in [1.82, 2.24) is 15.2 Å². The molecule has 2 heterocycles. The van der Waals surface area contributed by atoms with Crippen LogP contribution in [0.15, 0.2) is 48.7 Å². The number of carbonyl (C=O) groups is 3. The standard InChI is InChI=1S/C30H35FN4O4/c1-29(2,32)28(39)34-25(13-19-17-33-24-6-4-3-5-22(19)24)27(38)35-11-9-30(10-12-35)16-18(14-26(36)37)21-8-7-20(31)15-23(21)30/h3-8,15,17-18,25,33H,9-14,16,32H2,1-2H3,(H,34,39)(H,36,37). The Hall–Kier alpha value is -3.72. The highest BCUT2D eigenvalue weighted by molar-refractivity contribution is 5.92. The van der Waals surface area contributed by atoms with E-state index in [1.54, 1.807) is 24.8 Å². The average molecular weight is 535 g/mol. The molecule has 1 aliphatic heterocycles. The van der Waals surface area contributed by atoms with Gasteiger partial charge in [0.05, 0.1) is 12.0 Å². The van der Waals surface area contributed by atoms with E-state index in [0.29, 0.717) is 38.8 Å². The molecule has 9 heteroatoms. The zero-order valence-corrected chi connectivity index (χ0v) is 22.3. The second-order valence-corrected chi connectivity index (χ2v) is 11.6. The molecular weight excluding hydrogens is 499 g/mol. The first-order chi connectivity index (χ1) is 18.5. The van der Waals surface area contributed by atoms with Crippen LogP contribution < -0.4 is 11.1 Å². The summed E-state index contributed by atoms with van der Waals surface area (Å²) in [6.45, 7) is 4.07. The number of aromatic amines is 1. The van der Waals surface area contributed by atoms with Crippen LogP contribution >= 0.6 is 0 Å². The SMILES string of the molecule is CC(C)(N)C(=O)NC(Cc1c[nH]c2ccccc12)C(=O)N1CCC2(CC1)CC(CC(=O)O)c1ccc(F)cc12. The number of hydrogen-bond acceptors (Lipinski definition) is 4. The van der Waals surface area contributed by atoms with Crippen LogP contribution in [0.2, 0.25) is 0 Å². The van der Waals surface area contributed by atoms with Gasteiger partial charge in [0.25, 0.3) is 0 Å². The van der Waals surface area contributed by atoms with Crippen molar-refractivity contribution in [2.75, 3.05) is 13.1 Å². The molecule has 0 bridgehead atoms. The second-order valence-electron chi connectivity index (χ2n) is 11.6. The Morgan fingerprint density at radius 2 is 1.92 bits per heavy atom. The van der Waals surface area contributed by atoms with E-state index in [1.165, 1.54) is 12.1 Å². The number of likely N-dealkylation sites (tertiary alicyclic amines) is 1. The minimum atomic E-state index is -1.15. The molecule has 2 atom stereocenters. The summed E-state index contributed by atoms with van der Waals surface area (Å²) in [6, 6.07) is 11.6. The minimum absolute atomic E-state index is 0.00334. The van der Waals surface area contributed by atoms with Gasteiger partial charge in [-0.1, -0.05) is 24.3 Å². The number of nitrogens with one attached hydrogen (secondary N) is 2. The van der Waals surface area contributed by atoms with Gasteiger partial charge in [0, 0.05) is 36.6 Å². The molecule has 2 amide bonds. The predicted molar refractivity (Wildman–Crippen MR) is 146 cm³/mol. The molecule has 2 aromatic carbocycles. The largest absolute Gasteiger partial charge is 0.481 e. The first-order valence-electron chi connectivity index (χ1n) is 13.4. The first kappa shape index (κ1) is 26.9. The number of aliphatic carboxylic acids is 1. The lowest BCUT2D eigenvalue weighted by Gasteiger charge is -2.41. The van der Waals surface area contributed by atoms with Gasteiger partial charge in [-0.2, -0.15) is 0 Å². The number of hydrogen-bond donors (Lipinski definition) is 4. The zero-order valence-electron chi connectivity index (χ0n) is 22.3. The van der Waals surface area contributed by atoms with Gasteiger partial charge in [0.15, 0.2) is 0 Å². The molecule has 1 spiro atoms. The fraction of sp³-hybridized carbons (Fsp3) is 0.433. The number of piperidine rings is 1. The van der Waals surface area contributed by atoms with Gasteiger partial charge < -0.3 is 26.0 Å². The van der Waals surface area contributed by atoms with Crippen molar-refractivity contribution >= 4 is 28.7 Å². The summed E-state index contributed by atoms with van der Waals surface area (Å²) in [7, 11) is 0. The molecule has 0 saturated carbocycles. The lowest BCUT2D eigenvalue weighted by Crippen LogP contribution is -2.58. The lowest BCUT2D eigenvalue weighted by atomic mass is 9.73. The molecule has 206 valence electrons. The Bertz CT molecular complexity index is 1420. The zero-order chi connectivity index (χ0) is 27.9. The molecule has 0 radical (unpaired) electrons. The Kier molecular flexibility index (Phi) is 6.97. The Morgan fingerprint density at radius 3 is 2.62 bits per heavy atom. The number of amides is 2. The van der Waals surface area contributed by atoms with Crippen LogP contribution in [-0.4, -0.2) is 57.4 Å². The van der Waals surface area contributed by atoms with Crippen LogP contribution in [-0.2, 0) is 26.2 Å². The van der Waals surface area contributed by atoms with Gasteiger partial charge in [-0.3, -0.25) is 14.4 Å². The summed E-state index contributed by atoms with van der Waals surface area (Å²) in [5.41, 5.74) is 8.15. The van der Waals surface area contributed by atoms with E-state index < -0.39 is 23.5 Å². The smallest absolute Gasteiger partial charge is 0.303 e. The van der Waals surface area contributed by atoms with E-state index in [9.17, 15) is 23.9 Å². The fourth-order valence-corrected chi connectivity index (χ4v) is 6.34. The van der Waals surface area contributed by atoms with Gasteiger partial charge in [0.1, 0.15) is 11.9 Å². The predicted octanol–water partition coefficient (Wildman–Crippen LogP) is 3.59. The van der Waals surface area contributed by atoms with Crippen LogP contribution in [0.4, 0.5) is 4.39 Å². The maximum Gasteiger partial charge on any atom is 0.303 e. The van der Waals surface area contributed by atoms with E-state index in [1.807, 2.05) is 30.5 Å². The van der Waals surface area contributed by atoms with Crippen LogP contribution in [0.25, 0.3) is 10.9 Å². The highest BCUT2D eigenvalue weighted by Gasteiger charge is 2.47. The number of halogens is 1. The molecular formula is C30H35FN4O4. The second kappa shape index (κ2) is 10.1. The number of carbonyl (C=O) groups excluding carboxylic acids is 2. The number of H-pyrrole nitrogens is 1. The fourth-order valence-electron chi connectivity index (χ4n) is 6.34. The van der Waals surface area contributed by atoms with E-state index in [4.69, 9.17) is 5.73 Å². The molecule has 5 rings (SSSR count). The molecule has 1 aromatic heterocycles. The molecule has 5 N–H and O–H groups in total. The molecule has 1 fully saturated rings. The quantitative estimate of drug-likeness (QED) is 0.368. The number of fused-ring (bicyclic) bond motifs is 3. The molecule has 8 nitrogen and oxygen atoms in total. The van der Waals surface area contributed by atoms with Crippen LogP contribution in [0, 0.1) is 5.82 Å². The normalized spacial score (nSPS) is 19.2. The Morgan fingerprint density at radius 1 is 1.21 bits per heavy atom. The highest BCUT2D eigenvalue weighted by Crippen LogP contribution is 2.53. The summed E-state index contributed by atoms with van der Waals surface area (Å²) in [5.74, 6) is -1.99. The third-order valence-corrected chi connectivity index (χ3v) is 8.40. The van der Waals surface area contributed by atoms with E-state index in [0.717, 1.165) is 27.6 Å². The topological polar surface area (TPSA) is 129 Å². The molecule has 1 saturated heterocycles. The van der Waals surface area contributed by atoms with Crippen molar-refractivity contribution in [3.8, 4) is 0 Å². The van der Waals surface area contributed by atoms with Crippen molar-refractivity contribution in [3.63, 3.8) is 0 Å². The Labute approximate surface area is 226 Å². The number of aromatic nitrogens is 1. The van der Waals surface area contributed by atoms with Gasteiger partial charge in [-0.25, -0.2) is 4.39 Å². The third kappa shape index (κ3) is 5.28. The highest BCUT2D eigenvalue weighted by atomic mass is 19.1. The number of nitrogens with two attached hydrogens (primary N) is 1. The van der Waals surface area contributed by atoms with E-state index in [2.05, 4.69) is 10.3 Å². The molecule has 2 unspecified atom stereocenters. The van der Waals surface area contributed by atoms with Gasteiger partial charge in [0.2, 0.25) is 11.8 Å². The number of benzene rings is 2. The average Bonchev–Trinajstić information content (AvgIpc) is 3.41. The van der Waals surface area contributed by atoms with Crippen LogP contribution in [0.1, 0.15) is 62.1 Å². The van der Waals surface area contributed by atoms with Crippen molar-refractivity contribution in [2.45, 2.75) is 68.9 Å². The lowest BCUT2D eigenvalue weighted by molar-refractivity contribution is -0.138. The summed E-state index contributed by atoms with van der Waals surface area (Å²) in [4.78, 5) is 43.2. The molecule has 1 aliphatic carbocycles. The van der Waals surface area contributed by atoms with Crippen LogP contribution in [0.5, 0.6) is 0 Å². The van der Waals surface area contributed by atoms with Gasteiger partial charge in [-0.05, 0) is 79.3 Å². The third-order valence-electron chi connectivity index (χ3n) is 8.40. The van der Waals surface area contributed by atoms with Gasteiger partial charge >= 0.3 is 5.97 Å². The summed E-state index contributed by atoms with van der Waals surface area (Å²) < 4.78 is 14.3. The number of carboxylic acid groups (broad SMARTS) is 1. The summed E-state index contributed by atoms with van der Waals surface area (Å²) in [5, 5.41) is 13.3. The van der Waals surface area contributed by atoms with Crippen molar-refractivity contribution in [3.05, 3.63) is 71.2 Å². The molecule has 2 aliphatic rings. The van der Waals surface area contributed by atoms with Crippen LogP contribution in [0.3, 0.4) is 0 Å². The van der Waals surface area contributed by atoms with Crippen molar-refractivity contribution in [2.24, 2.45) is 5.73 Å². The molecule has 39 heavy (non-hydrogen) atoms. The van der Waals surface area contributed by atoms with Crippen molar-refractivity contribution < 1.29 is 23.9 Å². The number of para-hydroxylation sites is 1. The Balaban J connectivity index is 1.36. The van der Waals surface area contributed by atoms with Gasteiger partial charge in [-0.15, -0.1) is 0 Å².